The number of nitrogens with zero attached hydrogens (tertiary/aromatic N) is 1. The summed E-state index contributed by atoms with van der Waals surface area (Å²) < 4.78 is 0. The van der Waals surface area contributed by atoms with E-state index in [1.54, 1.807) is 6.08 Å². The van der Waals surface area contributed by atoms with Gasteiger partial charge in [-0.3, -0.25) is 4.79 Å². The van der Waals surface area contributed by atoms with E-state index in [4.69, 9.17) is 0 Å². The first-order valence-electron chi connectivity index (χ1n) is 5.23. The number of rotatable bonds is 1. The molecule has 1 aliphatic heterocycles. The van der Waals surface area contributed by atoms with Crippen LogP contribution in [0.4, 0.5) is 0 Å². The Bertz CT molecular complexity index is 240. The molecule has 1 aliphatic carbocycles. The maximum absolute atomic E-state index is 11.7. The molecule has 13 heavy (non-hydrogen) atoms. The summed E-state index contributed by atoms with van der Waals surface area (Å²) in [6, 6.07) is 0. The van der Waals surface area contributed by atoms with Crippen molar-refractivity contribution in [3.63, 3.8) is 0 Å². The van der Waals surface area contributed by atoms with Crippen LogP contribution in [0, 0.1) is 0 Å². The van der Waals surface area contributed by atoms with Crippen LogP contribution in [0.2, 0.25) is 0 Å². The van der Waals surface area contributed by atoms with Crippen LogP contribution in [0.3, 0.4) is 0 Å². The Kier molecular flexibility index (Phi) is 2.14. The first kappa shape index (κ1) is 8.79. The standard InChI is InChI=1S/C11H17NO/c1-2-5-10(13)12-9-4-8-11(12)6-3-7-11/h2,5H,3-4,6-9H2,1H3/b5-2+. The number of carbonyl (C=O) groups is 1. The molecule has 1 spiro atoms. The zero-order valence-electron chi connectivity index (χ0n) is 8.25. The van der Waals surface area contributed by atoms with Crippen molar-refractivity contribution in [3.8, 4) is 0 Å². The fourth-order valence-corrected chi connectivity index (χ4v) is 2.62. The second-order valence-corrected chi connectivity index (χ2v) is 4.17. The van der Waals surface area contributed by atoms with Gasteiger partial charge in [-0.05, 0) is 45.1 Å². The van der Waals surface area contributed by atoms with Gasteiger partial charge < -0.3 is 4.90 Å². The highest BCUT2D eigenvalue weighted by atomic mass is 16.2. The molecule has 0 radical (unpaired) electrons. The SMILES string of the molecule is C/C=C/C(=O)N1CCCC12CCC2. The quantitative estimate of drug-likeness (QED) is 0.564. The van der Waals surface area contributed by atoms with Crippen LogP contribution in [0.1, 0.15) is 39.0 Å². The predicted octanol–water partition coefficient (Wildman–Crippen LogP) is 2.11. The molecule has 1 saturated carbocycles. The average Bonchev–Trinajstić information content (AvgIpc) is 2.46. The van der Waals surface area contributed by atoms with E-state index in [0.717, 1.165) is 6.54 Å². The van der Waals surface area contributed by atoms with Crippen molar-refractivity contribution in [2.24, 2.45) is 0 Å². The van der Waals surface area contributed by atoms with Gasteiger partial charge in [-0.15, -0.1) is 0 Å². The second kappa shape index (κ2) is 3.17. The number of hydrogen-bond acceptors (Lipinski definition) is 1. The molecule has 1 heterocycles. The lowest BCUT2D eigenvalue weighted by Gasteiger charge is -2.45. The number of hydrogen-bond donors (Lipinski definition) is 0. The zero-order valence-corrected chi connectivity index (χ0v) is 8.25. The first-order chi connectivity index (χ1) is 6.28. The van der Waals surface area contributed by atoms with Crippen molar-refractivity contribution in [1.82, 2.24) is 4.90 Å². The number of allylic oxidation sites excluding steroid dienone is 1. The van der Waals surface area contributed by atoms with Crippen LogP contribution in [0.5, 0.6) is 0 Å². The van der Waals surface area contributed by atoms with Crippen LogP contribution in [0.25, 0.3) is 0 Å². The third-order valence-electron chi connectivity index (χ3n) is 3.46. The second-order valence-electron chi connectivity index (χ2n) is 4.17. The fourth-order valence-electron chi connectivity index (χ4n) is 2.62. The van der Waals surface area contributed by atoms with Crippen molar-refractivity contribution in [2.45, 2.75) is 44.6 Å². The normalized spacial score (nSPS) is 25.5. The van der Waals surface area contributed by atoms with Gasteiger partial charge in [0.15, 0.2) is 0 Å². The molecule has 1 saturated heterocycles. The topological polar surface area (TPSA) is 20.3 Å². The van der Waals surface area contributed by atoms with Gasteiger partial charge in [0.2, 0.25) is 5.91 Å². The van der Waals surface area contributed by atoms with Gasteiger partial charge in [-0.1, -0.05) is 6.08 Å². The van der Waals surface area contributed by atoms with E-state index in [0.29, 0.717) is 0 Å². The Hall–Kier alpha value is -0.790. The highest BCUT2D eigenvalue weighted by Crippen LogP contribution is 2.45. The van der Waals surface area contributed by atoms with Crippen molar-refractivity contribution >= 4 is 5.91 Å². The van der Waals surface area contributed by atoms with Crippen LogP contribution >= 0.6 is 0 Å². The van der Waals surface area contributed by atoms with Gasteiger partial charge in [0.05, 0.1) is 0 Å². The molecule has 1 amide bonds. The summed E-state index contributed by atoms with van der Waals surface area (Å²) >= 11 is 0. The minimum absolute atomic E-state index is 0.222. The van der Waals surface area contributed by atoms with Crippen molar-refractivity contribution < 1.29 is 4.79 Å². The van der Waals surface area contributed by atoms with Crippen molar-refractivity contribution in [1.29, 1.82) is 0 Å². The van der Waals surface area contributed by atoms with Gasteiger partial charge in [0, 0.05) is 12.1 Å². The van der Waals surface area contributed by atoms with E-state index in [1.807, 2.05) is 13.0 Å². The van der Waals surface area contributed by atoms with E-state index >= 15 is 0 Å². The molecule has 2 fully saturated rings. The molecule has 0 bridgehead atoms. The molecule has 0 aromatic rings. The van der Waals surface area contributed by atoms with Gasteiger partial charge in [-0.25, -0.2) is 0 Å². The highest BCUT2D eigenvalue weighted by Gasteiger charge is 2.46. The molecule has 0 N–H and O–H groups in total. The first-order valence-corrected chi connectivity index (χ1v) is 5.23. The number of likely N-dealkylation sites (tertiary alicyclic amines) is 1. The maximum atomic E-state index is 11.7. The molecule has 0 unspecified atom stereocenters. The summed E-state index contributed by atoms with van der Waals surface area (Å²) in [6.07, 6.45) is 9.74. The summed E-state index contributed by atoms with van der Waals surface area (Å²) in [5, 5.41) is 0. The minimum Gasteiger partial charge on any atom is -0.333 e. The molecular formula is C11H17NO. The lowest BCUT2D eigenvalue weighted by molar-refractivity contribution is -0.132. The molecule has 2 nitrogen and oxygen atoms in total. The fraction of sp³-hybridized carbons (Fsp3) is 0.727. The molecule has 2 rings (SSSR count). The maximum Gasteiger partial charge on any atom is 0.246 e. The Morgan fingerprint density at radius 3 is 2.54 bits per heavy atom. The monoisotopic (exact) mass is 179 g/mol. The molecule has 0 atom stereocenters. The molecular weight excluding hydrogens is 162 g/mol. The van der Waals surface area contributed by atoms with Gasteiger partial charge >= 0.3 is 0 Å². The summed E-state index contributed by atoms with van der Waals surface area (Å²) in [5.74, 6) is 0.222. The summed E-state index contributed by atoms with van der Waals surface area (Å²) in [6.45, 7) is 2.88. The Morgan fingerprint density at radius 1 is 1.31 bits per heavy atom. The van der Waals surface area contributed by atoms with E-state index in [2.05, 4.69) is 4.90 Å². The summed E-state index contributed by atoms with van der Waals surface area (Å²) in [5.41, 5.74) is 0.288. The van der Waals surface area contributed by atoms with Crippen molar-refractivity contribution in [2.75, 3.05) is 6.54 Å². The van der Waals surface area contributed by atoms with Gasteiger partial charge in [-0.2, -0.15) is 0 Å². The third kappa shape index (κ3) is 1.28. The lowest BCUT2D eigenvalue weighted by atomic mass is 9.75. The van der Waals surface area contributed by atoms with E-state index in [-0.39, 0.29) is 11.4 Å². The smallest absolute Gasteiger partial charge is 0.246 e. The van der Waals surface area contributed by atoms with Gasteiger partial charge in [0.25, 0.3) is 0 Å². The summed E-state index contributed by atoms with van der Waals surface area (Å²) in [7, 11) is 0. The third-order valence-corrected chi connectivity index (χ3v) is 3.46. The molecule has 0 aromatic carbocycles. The summed E-state index contributed by atoms with van der Waals surface area (Å²) in [4.78, 5) is 13.8. The van der Waals surface area contributed by atoms with Crippen LogP contribution in [-0.2, 0) is 4.79 Å². The minimum atomic E-state index is 0.222. The van der Waals surface area contributed by atoms with Crippen LogP contribution in [-0.4, -0.2) is 22.9 Å². The lowest BCUT2D eigenvalue weighted by Crippen LogP contribution is -2.51. The molecule has 2 heteroatoms. The molecule has 2 aliphatic rings. The van der Waals surface area contributed by atoms with Crippen LogP contribution in [0.15, 0.2) is 12.2 Å². The van der Waals surface area contributed by atoms with Crippen LogP contribution < -0.4 is 0 Å². The molecule has 0 aromatic heterocycles. The van der Waals surface area contributed by atoms with Crippen molar-refractivity contribution in [3.05, 3.63) is 12.2 Å². The Labute approximate surface area is 79.6 Å². The highest BCUT2D eigenvalue weighted by molar-refractivity contribution is 5.88. The Morgan fingerprint density at radius 2 is 2.00 bits per heavy atom. The predicted molar refractivity (Wildman–Crippen MR) is 52.3 cm³/mol. The van der Waals surface area contributed by atoms with E-state index in [1.165, 1.54) is 32.1 Å². The number of carbonyl (C=O) groups excluding carboxylic acids is 1. The van der Waals surface area contributed by atoms with E-state index < -0.39 is 0 Å². The largest absolute Gasteiger partial charge is 0.333 e. The Balaban J connectivity index is 2.09. The zero-order chi connectivity index (χ0) is 9.31. The van der Waals surface area contributed by atoms with Gasteiger partial charge in [0.1, 0.15) is 0 Å². The average molecular weight is 179 g/mol. The number of amides is 1. The van der Waals surface area contributed by atoms with E-state index in [9.17, 15) is 4.79 Å². The molecule has 72 valence electrons.